The lowest BCUT2D eigenvalue weighted by Crippen LogP contribution is -2.49. The third-order valence-corrected chi connectivity index (χ3v) is 7.91. The maximum absolute atomic E-state index is 13.8. The van der Waals surface area contributed by atoms with Gasteiger partial charge in [-0.3, -0.25) is 9.78 Å². The molecule has 1 aromatic heterocycles. The number of pyridine rings is 1. The fraction of sp³-hybridized carbons (Fsp3) is 0.607. The van der Waals surface area contributed by atoms with Crippen LogP contribution in [-0.2, 0) is 9.53 Å². The van der Waals surface area contributed by atoms with Crippen LogP contribution in [0.1, 0.15) is 53.4 Å². The van der Waals surface area contributed by atoms with Crippen LogP contribution in [0.2, 0.25) is 0 Å². The van der Waals surface area contributed by atoms with Gasteiger partial charge < -0.3 is 19.7 Å². The highest BCUT2D eigenvalue weighted by Crippen LogP contribution is 2.61. The molecule has 1 unspecified atom stereocenters. The minimum absolute atomic E-state index is 0.0410. The molecule has 0 radical (unpaired) electrons. The molecule has 36 heavy (non-hydrogen) atoms. The van der Waals surface area contributed by atoms with Gasteiger partial charge in [0.15, 0.2) is 0 Å². The van der Waals surface area contributed by atoms with Crippen LogP contribution in [-0.4, -0.2) is 52.7 Å². The number of carbonyl (C=O) groups is 2. The predicted octanol–water partition coefficient (Wildman–Crippen LogP) is 4.93. The lowest BCUT2D eigenvalue weighted by molar-refractivity contribution is -0.126. The van der Waals surface area contributed by atoms with Crippen LogP contribution < -0.4 is 10.1 Å². The normalized spacial score (nSPS) is 26.9. The first-order chi connectivity index (χ1) is 17.1. The zero-order chi connectivity index (χ0) is 25.6. The van der Waals surface area contributed by atoms with Crippen molar-refractivity contribution < 1.29 is 23.5 Å². The van der Waals surface area contributed by atoms with E-state index in [1.807, 2.05) is 27.7 Å². The highest BCUT2D eigenvalue weighted by molar-refractivity contribution is 5.84. The summed E-state index contributed by atoms with van der Waals surface area (Å²) < 4.78 is 25.5. The van der Waals surface area contributed by atoms with E-state index in [1.165, 1.54) is 12.1 Å². The van der Waals surface area contributed by atoms with Gasteiger partial charge in [0.1, 0.15) is 17.2 Å². The lowest BCUT2D eigenvalue weighted by atomic mass is 9.96. The average Bonchev–Trinajstić information content (AvgIpc) is 3.32. The predicted molar refractivity (Wildman–Crippen MR) is 134 cm³/mol. The summed E-state index contributed by atoms with van der Waals surface area (Å²) in [5.41, 5.74) is 0.214. The molecule has 7 nitrogen and oxygen atoms in total. The van der Waals surface area contributed by atoms with Crippen LogP contribution in [0.4, 0.5) is 9.18 Å². The number of carbonyl (C=O) groups excluding carboxylic acids is 2. The number of likely N-dealkylation sites (tertiary alicyclic amines) is 1. The average molecular weight is 498 g/mol. The topological polar surface area (TPSA) is 80.8 Å². The van der Waals surface area contributed by atoms with Crippen LogP contribution >= 0.6 is 0 Å². The van der Waals surface area contributed by atoms with Crippen molar-refractivity contribution >= 4 is 22.9 Å². The molecule has 2 aliphatic carbocycles. The van der Waals surface area contributed by atoms with Crippen molar-refractivity contribution in [3.63, 3.8) is 0 Å². The number of hydrogen-bond acceptors (Lipinski definition) is 5. The van der Waals surface area contributed by atoms with Crippen LogP contribution in [0.25, 0.3) is 10.9 Å². The fourth-order valence-corrected chi connectivity index (χ4v) is 6.10. The van der Waals surface area contributed by atoms with Gasteiger partial charge in [0.2, 0.25) is 5.91 Å². The summed E-state index contributed by atoms with van der Waals surface area (Å²) in [4.78, 5) is 31.3. The Kier molecular flexibility index (Phi) is 6.55. The maximum Gasteiger partial charge on any atom is 0.410 e. The zero-order valence-corrected chi connectivity index (χ0v) is 21.5. The molecule has 1 N–H and O–H groups in total. The largest absolute Gasteiger partial charge is 0.490 e. The molecule has 2 amide bonds. The first-order valence-corrected chi connectivity index (χ1v) is 13.1. The molecular weight excluding hydrogens is 461 g/mol. The van der Waals surface area contributed by atoms with Crippen molar-refractivity contribution in [3.05, 3.63) is 36.3 Å². The smallest absolute Gasteiger partial charge is 0.410 e. The molecule has 5 rings (SSSR count). The van der Waals surface area contributed by atoms with Crippen LogP contribution in [0.15, 0.2) is 30.5 Å². The first-order valence-electron chi connectivity index (χ1n) is 13.1. The molecule has 1 saturated heterocycles. The number of benzene rings is 1. The number of nitrogens with zero attached hydrogens (tertiary/aromatic N) is 2. The molecule has 2 aromatic rings. The number of hydrogen-bond donors (Lipinski definition) is 1. The van der Waals surface area contributed by atoms with Gasteiger partial charge in [0.05, 0.1) is 11.6 Å². The lowest BCUT2D eigenvalue weighted by Gasteiger charge is -2.34. The molecule has 3 aliphatic rings. The van der Waals surface area contributed by atoms with E-state index in [2.05, 4.69) is 10.3 Å². The Morgan fingerprint density at radius 1 is 1.14 bits per heavy atom. The number of aromatic nitrogens is 1. The Labute approximate surface area is 211 Å². The van der Waals surface area contributed by atoms with Crippen molar-refractivity contribution in [1.29, 1.82) is 0 Å². The Morgan fingerprint density at radius 3 is 2.50 bits per heavy atom. The van der Waals surface area contributed by atoms with E-state index in [0.717, 1.165) is 31.2 Å². The van der Waals surface area contributed by atoms with Crippen molar-refractivity contribution in [2.24, 2.45) is 23.7 Å². The number of piperidine rings is 1. The summed E-state index contributed by atoms with van der Waals surface area (Å²) in [5, 5.41) is 3.92. The quantitative estimate of drug-likeness (QED) is 0.634. The van der Waals surface area contributed by atoms with Crippen molar-refractivity contribution in [3.8, 4) is 5.75 Å². The van der Waals surface area contributed by atoms with Crippen LogP contribution in [0, 0.1) is 29.5 Å². The van der Waals surface area contributed by atoms with Gasteiger partial charge in [0.25, 0.3) is 0 Å². The summed E-state index contributed by atoms with van der Waals surface area (Å²) in [6.07, 6.45) is 4.81. The zero-order valence-electron chi connectivity index (χ0n) is 21.5. The van der Waals surface area contributed by atoms with Crippen molar-refractivity contribution in [1.82, 2.24) is 15.2 Å². The number of nitrogens with one attached hydrogen (secondary N) is 1. The number of rotatable bonds is 5. The van der Waals surface area contributed by atoms with Gasteiger partial charge in [0, 0.05) is 36.6 Å². The van der Waals surface area contributed by atoms with Gasteiger partial charge in [-0.2, -0.15) is 0 Å². The highest BCUT2D eigenvalue weighted by atomic mass is 19.1. The molecular formula is C28H36FN3O4. The summed E-state index contributed by atoms with van der Waals surface area (Å²) in [5.74, 6) is 1.82. The molecule has 2 heterocycles. The second-order valence-corrected chi connectivity index (χ2v) is 11.6. The number of halogens is 1. The SMILES string of the molecule is CC(C(=O)NC1CCN(C(=O)OC(C)(C)C)CC1)[C@@H]1[C@@H]2C[C@@H](Oc3ccnc4ccc(F)cc34)C[C@@H]21. The van der Waals surface area contributed by atoms with Gasteiger partial charge in [-0.05, 0) is 88.5 Å². The number of amides is 2. The minimum atomic E-state index is -0.506. The fourth-order valence-electron chi connectivity index (χ4n) is 6.10. The van der Waals surface area contributed by atoms with Crippen molar-refractivity contribution in [2.45, 2.75) is 71.1 Å². The van der Waals surface area contributed by atoms with Crippen molar-refractivity contribution in [2.75, 3.05) is 13.1 Å². The highest BCUT2D eigenvalue weighted by Gasteiger charge is 2.59. The third-order valence-electron chi connectivity index (χ3n) is 7.91. The molecule has 5 atom stereocenters. The van der Waals surface area contributed by atoms with Gasteiger partial charge in [-0.15, -0.1) is 0 Å². The molecule has 2 saturated carbocycles. The van der Waals surface area contributed by atoms with Gasteiger partial charge >= 0.3 is 6.09 Å². The summed E-state index contributed by atoms with van der Waals surface area (Å²) in [6.45, 7) is 8.81. The Bertz CT molecular complexity index is 1130. The second-order valence-electron chi connectivity index (χ2n) is 11.6. The minimum Gasteiger partial charge on any atom is -0.490 e. The molecule has 1 aromatic carbocycles. The summed E-state index contributed by atoms with van der Waals surface area (Å²) >= 11 is 0. The van der Waals surface area contributed by atoms with E-state index < -0.39 is 5.60 Å². The monoisotopic (exact) mass is 497 g/mol. The first kappa shape index (κ1) is 24.8. The van der Waals surface area contributed by atoms with E-state index in [4.69, 9.17) is 9.47 Å². The molecule has 194 valence electrons. The van der Waals surface area contributed by atoms with Crippen LogP contribution in [0.5, 0.6) is 5.75 Å². The third kappa shape index (κ3) is 5.27. The van der Waals surface area contributed by atoms with Gasteiger partial charge in [-0.1, -0.05) is 6.92 Å². The standard InChI is InChI=1S/C28H36FN3O4/c1-16(26(33)31-18-8-11-32(12-9-18)27(34)36-28(2,3)4)25-20-14-19(15-21(20)25)35-24-7-10-30-23-6-5-17(29)13-22(23)24/h5-7,10,13,16,18-21,25H,8-9,11-12,14-15H2,1-4H3,(H,31,33)/t16?,19-,20-,21+,25-. The maximum atomic E-state index is 13.8. The molecule has 0 spiro atoms. The molecule has 3 fully saturated rings. The van der Waals surface area contributed by atoms with E-state index in [0.29, 0.717) is 42.0 Å². The van der Waals surface area contributed by atoms with E-state index in [1.54, 1.807) is 23.2 Å². The van der Waals surface area contributed by atoms with Crippen LogP contribution in [0.3, 0.4) is 0 Å². The molecule has 8 heteroatoms. The van der Waals surface area contributed by atoms with E-state index in [9.17, 15) is 14.0 Å². The molecule has 1 aliphatic heterocycles. The molecule has 0 bridgehead atoms. The summed E-state index contributed by atoms with van der Waals surface area (Å²) in [7, 11) is 0. The summed E-state index contributed by atoms with van der Waals surface area (Å²) in [6, 6.07) is 6.44. The van der Waals surface area contributed by atoms with E-state index in [-0.39, 0.29) is 35.9 Å². The Balaban J connectivity index is 1.08. The second kappa shape index (κ2) is 9.52. The van der Waals surface area contributed by atoms with E-state index >= 15 is 0 Å². The Morgan fingerprint density at radius 2 is 1.83 bits per heavy atom. The number of ether oxygens (including phenoxy) is 2. The number of fused-ring (bicyclic) bond motifs is 2. The van der Waals surface area contributed by atoms with Gasteiger partial charge in [-0.25, -0.2) is 9.18 Å². The Hall–Kier alpha value is -2.90.